The van der Waals surface area contributed by atoms with Crippen LogP contribution >= 0.6 is 11.6 Å². The zero-order valence-electron chi connectivity index (χ0n) is 11.3. The molecule has 5 nitrogen and oxygen atoms in total. The molecule has 1 aromatic rings. The molecule has 1 aliphatic heterocycles. The second-order valence-corrected chi connectivity index (χ2v) is 5.22. The molecule has 0 aromatic heterocycles. The molecule has 6 heteroatoms. The molecule has 0 radical (unpaired) electrons. The van der Waals surface area contributed by atoms with Gasteiger partial charge in [0.05, 0.1) is 12.1 Å². The van der Waals surface area contributed by atoms with Crippen molar-refractivity contribution in [2.45, 2.75) is 25.3 Å². The van der Waals surface area contributed by atoms with E-state index in [1.165, 1.54) is 19.2 Å². The number of carbonyl (C=O) groups is 1. The molecule has 1 atom stereocenters. The van der Waals surface area contributed by atoms with Crippen molar-refractivity contribution in [3.8, 4) is 11.5 Å². The van der Waals surface area contributed by atoms with Crippen molar-refractivity contribution in [1.82, 2.24) is 4.90 Å². The minimum Gasteiger partial charge on any atom is -0.503 e. The molecule has 1 amide bonds. The molecule has 0 aliphatic carbocycles. The number of halogens is 1. The maximum Gasteiger partial charge on any atom is 0.254 e. The largest absolute Gasteiger partial charge is 0.503 e. The fourth-order valence-electron chi connectivity index (χ4n) is 2.57. The van der Waals surface area contributed by atoms with Crippen molar-refractivity contribution in [2.75, 3.05) is 20.3 Å². The monoisotopic (exact) mass is 299 g/mol. The van der Waals surface area contributed by atoms with Gasteiger partial charge in [-0.05, 0) is 31.4 Å². The van der Waals surface area contributed by atoms with E-state index in [9.17, 15) is 9.90 Å². The van der Waals surface area contributed by atoms with Gasteiger partial charge in [-0.2, -0.15) is 0 Å². The normalized spacial score (nSPS) is 18.4. The first-order valence-corrected chi connectivity index (χ1v) is 6.94. The van der Waals surface area contributed by atoms with Crippen LogP contribution in [0.4, 0.5) is 0 Å². The Balaban J connectivity index is 2.27. The number of carbonyl (C=O) groups excluding carboxylic acids is 1. The molecule has 1 unspecified atom stereocenters. The topological polar surface area (TPSA) is 70.0 Å². The quantitative estimate of drug-likeness (QED) is 0.892. The van der Waals surface area contributed by atoms with Gasteiger partial charge in [-0.3, -0.25) is 4.79 Å². The summed E-state index contributed by atoms with van der Waals surface area (Å²) in [5.74, 6) is -0.140. The highest BCUT2D eigenvalue weighted by Gasteiger charge is 2.29. The van der Waals surface area contributed by atoms with Gasteiger partial charge in [0.1, 0.15) is 0 Å². The number of hydrogen-bond donors (Lipinski definition) is 2. The first-order valence-electron chi connectivity index (χ1n) is 6.56. The van der Waals surface area contributed by atoms with Crippen LogP contribution in [-0.2, 0) is 0 Å². The Morgan fingerprint density at radius 3 is 2.95 bits per heavy atom. The number of likely N-dealkylation sites (tertiary alicyclic amines) is 1. The zero-order chi connectivity index (χ0) is 14.7. The van der Waals surface area contributed by atoms with E-state index in [2.05, 4.69) is 0 Å². The molecule has 1 fully saturated rings. The maximum absolute atomic E-state index is 12.5. The van der Waals surface area contributed by atoms with Crippen LogP contribution in [0.5, 0.6) is 11.5 Å². The predicted molar refractivity (Wildman–Crippen MR) is 75.4 cm³/mol. The van der Waals surface area contributed by atoms with Gasteiger partial charge >= 0.3 is 0 Å². The van der Waals surface area contributed by atoms with E-state index in [-0.39, 0.29) is 35.1 Å². The zero-order valence-corrected chi connectivity index (χ0v) is 12.1. The molecule has 1 heterocycles. The molecule has 1 aliphatic rings. The van der Waals surface area contributed by atoms with Crippen LogP contribution in [0.3, 0.4) is 0 Å². The Bertz CT molecular complexity index is 506. The Morgan fingerprint density at radius 1 is 1.55 bits per heavy atom. The van der Waals surface area contributed by atoms with E-state index in [4.69, 9.17) is 21.4 Å². The SMILES string of the molecule is COc1cc(C(=O)N2CCCC2CCO)cc(Cl)c1O. The molecular formula is C14H18ClNO4. The number of ether oxygens (including phenoxy) is 1. The van der Waals surface area contributed by atoms with Crippen molar-refractivity contribution < 1.29 is 19.7 Å². The molecule has 1 saturated heterocycles. The van der Waals surface area contributed by atoms with E-state index in [0.29, 0.717) is 18.5 Å². The Morgan fingerprint density at radius 2 is 2.30 bits per heavy atom. The van der Waals surface area contributed by atoms with E-state index in [0.717, 1.165) is 12.8 Å². The number of aliphatic hydroxyl groups excluding tert-OH is 1. The second kappa shape index (κ2) is 6.33. The average molecular weight is 300 g/mol. The minimum absolute atomic E-state index is 0.0612. The molecule has 0 spiro atoms. The van der Waals surface area contributed by atoms with Gasteiger partial charge in [-0.1, -0.05) is 11.6 Å². The van der Waals surface area contributed by atoms with Crippen molar-refractivity contribution in [3.63, 3.8) is 0 Å². The summed E-state index contributed by atoms with van der Waals surface area (Å²) < 4.78 is 5.01. The number of phenolic OH excluding ortho intramolecular Hbond substituents is 1. The number of benzene rings is 1. The van der Waals surface area contributed by atoms with E-state index >= 15 is 0 Å². The summed E-state index contributed by atoms with van der Waals surface area (Å²) in [6.45, 7) is 0.735. The molecule has 0 bridgehead atoms. The Hall–Kier alpha value is -1.46. The molecule has 110 valence electrons. The van der Waals surface area contributed by atoms with Gasteiger partial charge in [0.25, 0.3) is 5.91 Å². The van der Waals surface area contributed by atoms with Gasteiger partial charge < -0.3 is 19.8 Å². The van der Waals surface area contributed by atoms with E-state index < -0.39 is 0 Å². The smallest absolute Gasteiger partial charge is 0.254 e. The number of amides is 1. The van der Waals surface area contributed by atoms with Crippen LogP contribution in [-0.4, -0.2) is 47.3 Å². The number of aliphatic hydroxyl groups is 1. The summed E-state index contributed by atoms with van der Waals surface area (Å²) in [4.78, 5) is 14.3. The highest BCUT2D eigenvalue weighted by molar-refractivity contribution is 6.32. The number of rotatable bonds is 4. The standard InChI is InChI=1S/C14H18ClNO4/c1-20-12-8-9(7-11(15)13(12)18)14(19)16-5-2-3-10(16)4-6-17/h7-8,10,17-18H,2-6H2,1H3. The van der Waals surface area contributed by atoms with Crippen LogP contribution in [0.15, 0.2) is 12.1 Å². The Kier molecular flexibility index (Phi) is 4.73. The van der Waals surface area contributed by atoms with Gasteiger partial charge in [0, 0.05) is 24.8 Å². The molecule has 20 heavy (non-hydrogen) atoms. The Labute approximate surface area is 122 Å². The lowest BCUT2D eigenvalue weighted by Crippen LogP contribution is -2.36. The second-order valence-electron chi connectivity index (χ2n) is 4.82. The highest BCUT2D eigenvalue weighted by atomic mass is 35.5. The van der Waals surface area contributed by atoms with Gasteiger partial charge in [0.15, 0.2) is 11.5 Å². The van der Waals surface area contributed by atoms with Gasteiger partial charge in [-0.15, -0.1) is 0 Å². The molecule has 1 aromatic carbocycles. The summed E-state index contributed by atoms with van der Waals surface area (Å²) in [6, 6.07) is 2.99. The number of hydrogen-bond acceptors (Lipinski definition) is 4. The van der Waals surface area contributed by atoms with Gasteiger partial charge in [-0.25, -0.2) is 0 Å². The molecule has 2 rings (SSSR count). The lowest BCUT2D eigenvalue weighted by molar-refractivity contribution is 0.0716. The fourth-order valence-corrected chi connectivity index (χ4v) is 2.78. The third-order valence-electron chi connectivity index (χ3n) is 3.60. The maximum atomic E-state index is 12.5. The van der Waals surface area contributed by atoms with Crippen molar-refractivity contribution in [1.29, 1.82) is 0 Å². The lowest BCUT2D eigenvalue weighted by Gasteiger charge is -2.24. The van der Waals surface area contributed by atoms with Crippen LogP contribution in [0, 0.1) is 0 Å². The third kappa shape index (κ3) is 2.83. The fraction of sp³-hybridized carbons (Fsp3) is 0.500. The molecular weight excluding hydrogens is 282 g/mol. The summed E-state index contributed by atoms with van der Waals surface area (Å²) in [6.07, 6.45) is 2.41. The number of aromatic hydroxyl groups is 1. The summed E-state index contributed by atoms with van der Waals surface area (Å²) in [7, 11) is 1.41. The first-order chi connectivity index (χ1) is 9.58. The predicted octanol–water partition coefficient (Wildman–Crippen LogP) is 2.04. The average Bonchev–Trinajstić information content (AvgIpc) is 2.89. The van der Waals surface area contributed by atoms with E-state index in [1.54, 1.807) is 4.90 Å². The minimum atomic E-state index is -0.168. The first kappa shape index (κ1) is 14.9. The van der Waals surface area contributed by atoms with Crippen LogP contribution in [0.2, 0.25) is 5.02 Å². The summed E-state index contributed by atoms with van der Waals surface area (Å²) in [5.41, 5.74) is 0.384. The van der Waals surface area contributed by atoms with Crippen LogP contribution < -0.4 is 4.74 Å². The van der Waals surface area contributed by atoms with E-state index in [1.807, 2.05) is 0 Å². The number of nitrogens with zero attached hydrogens (tertiary/aromatic N) is 1. The number of methoxy groups -OCH3 is 1. The van der Waals surface area contributed by atoms with Crippen LogP contribution in [0.1, 0.15) is 29.6 Å². The highest BCUT2D eigenvalue weighted by Crippen LogP contribution is 2.35. The summed E-state index contributed by atoms with van der Waals surface area (Å²) >= 11 is 5.91. The number of phenols is 1. The molecule has 0 saturated carbocycles. The third-order valence-corrected chi connectivity index (χ3v) is 3.88. The lowest BCUT2D eigenvalue weighted by atomic mass is 10.1. The van der Waals surface area contributed by atoms with Crippen molar-refractivity contribution in [3.05, 3.63) is 22.7 Å². The van der Waals surface area contributed by atoms with Crippen molar-refractivity contribution >= 4 is 17.5 Å². The summed E-state index contributed by atoms with van der Waals surface area (Å²) in [5, 5.41) is 18.8. The van der Waals surface area contributed by atoms with Crippen LogP contribution in [0.25, 0.3) is 0 Å². The van der Waals surface area contributed by atoms with Crippen molar-refractivity contribution in [2.24, 2.45) is 0 Å². The van der Waals surface area contributed by atoms with Gasteiger partial charge in [0.2, 0.25) is 0 Å². The molecule has 2 N–H and O–H groups in total.